The highest BCUT2D eigenvalue weighted by Gasteiger charge is 2.20. The van der Waals surface area contributed by atoms with Gasteiger partial charge in [0.1, 0.15) is 0 Å². The molecule has 0 aliphatic rings. The van der Waals surface area contributed by atoms with E-state index in [0.29, 0.717) is 0 Å². The van der Waals surface area contributed by atoms with E-state index in [9.17, 15) is 8.78 Å². The Labute approximate surface area is 124 Å². The zero-order chi connectivity index (χ0) is 15.6. The van der Waals surface area contributed by atoms with E-state index < -0.39 is 17.7 Å². The fourth-order valence-electron chi connectivity index (χ4n) is 2.28. The number of hydrogen-bond donors (Lipinski definition) is 2. The maximum atomic E-state index is 13.9. The lowest BCUT2D eigenvalue weighted by Crippen LogP contribution is -2.29. The van der Waals surface area contributed by atoms with E-state index in [1.807, 2.05) is 24.3 Å². The molecule has 2 rings (SSSR count). The summed E-state index contributed by atoms with van der Waals surface area (Å²) in [6.45, 7) is 6.35. The highest BCUT2D eigenvalue weighted by molar-refractivity contribution is 5.36. The minimum absolute atomic E-state index is 0.0360. The minimum atomic E-state index is -0.876. The van der Waals surface area contributed by atoms with Gasteiger partial charge >= 0.3 is 0 Å². The number of nitrogens with one attached hydrogen (secondary N) is 1. The quantitative estimate of drug-likeness (QED) is 0.666. The molecule has 2 aromatic carbocycles. The van der Waals surface area contributed by atoms with Crippen LogP contribution in [-0.2, 0) is 5.41 Å². The Morgan fingerprint density at radius 3 is 2.14 bits per heavy atom. The molecule has 0 spiro atoms. The van der Waals surface area contributed by atoms with Gasteiger partial charge in [-0.2, -0.15) is 0 Å². The first-order valence-electron chi connectivity index (χ1n) is 6.85. The van der Waals surface area contributed by atoms with E-state index in [0.717, 1.165) is 11.6 Å². The van der Waals surface area contributed by atoms with Crippen LogP contribution < -0.4 is 11.3 Å². The number of halogens is 2. The third kappa shape index (κ3) is 3.28. The third-order valence-electron chi connectivity index (χ3n) is 3.57. The molecule has 0 saturated carbocycles. The second-order valence-electron chi connectivity index (χ2n) is 6.11. The molecule has 0 aromatic heterocycles. The van der Waals surface area contributed by atoms with Crippen LogP contribution in [0.2, 0.25) is 0 Å². The third-order valence-corrected chi connectivity index (χ3v) is 3.57. The number of benzene rings is 2. The number of hydrogen-bond acceptors (Lipinski definition) is 2. The molecule has 0 radical (unpaired) electrons. The summed E-state index contributed by atoms with van der Waals surface area (Å²) in [5.74, 6) is 3.79. The standard InChI is InChI=1S/C17H20F2N2/c1-17(2,3)12-9-7-11(8-10-12)16(21-20)13-5-4-6-14(18)15(13)19/h4-10,16,21H,20H2,1-3H3. The van der Waals surface area contributed by atoms with Crippen molar-refractivity contribution in [2.24, 2.45) is 5.84 Å². The van der Waals surface area contributed by atoms with Gasteiger partial charge in [-0.05, 0) is 22.6 Å². The van der Waals surface area contributed by atoms with Crippen LogP contribution in [0.25, 0.3) is 0 Å². The van der Waals surface area contributed by atoms with Gasteiger partial charge in [-0.1, -0.05) is 57.2 Å². The van der Waals surface area contributed by atoms with Gasteiger partial charge in [-0.3, -0.25) is 5.84 Å². The van der Waals surface area contributed by atoms with Gasteiger partial charge in [-0.15, -0.1) is 0 Å². The first kappa shape index (κ1) is 15.6. The zero-order valence-corrected chi connectivity index (χ0v) is 12.5. The van der Waals surface area contributed by atoms with E-state index in [1.54, 1.807) is 0 Å². The van der Waals surface area contributed by atoms with E-state index in [4.69, 9.17) is 5.84 Å². The molecule has 3 N–H and O–H groups in total. The van der Waals surface area contributed by atoms with E-state index in [2.05, 4.69) is 26.2 Å². The van der Waals surface area contributed by atoms with E-state index >= 15 is 0 Å². The summed E-state index contributed by atoms with van der Waals surface area (Å²) in [5, 5.41) is 0. The van der Waals surface area contributed by atoms with Crippen LogP contribution in [0.15, 0.2) is 42.5 Å². The Morgan fingerprint density at radius 2 is 1.62 bits per heavy atom. The van der Waals surface area contributed by atoms with Crippen molar-refractivity contribution >= 4 is 0 Å². The SMILES string of the molecule is CC(C)(C)c1ccc(C(NN)c2cccc(F)c2F)cc1. The van der Waals surface area contributed by atoms with E-state index in [-0.39, 0.29) is 11.0 Å². The van der Waals surface area contributed by atoms with E-state index in [1.165, 1.54) is 17.7 Å². The molecule has 0 bridgehead atoms. The van der Waals surface area contributed by atoms with Crippen LogP contribution in [0, 0.1) is 11.6 Å². The maximum Gasteiger partial charge on any atom is 0.163 e. The molecule has 4 heteroatoms. The van der Waals surface area contributed by atoms with Crippen LogP contribution in [0.4, 0.5) is 8.78 Å². The highest BCUT2D eigenvalue weighted by atomic mass is 19.2. The molecule has 0 fully saturated rings. The average molecular weight is 290 g/mol. The molecule has 0 aliphatic carbocycles. The van der Waals surface area contributed by atoms with Gasteiger partial charge < -0.3 is 0 Å². The number of rotatable bonds is 3. The molecule has 0 saturated heterocycles. The predicted octanol–water partition coefficient (Wildman–Crippen LogP) is 3.82. The second-order valence-corrected chi connectivity index (χ2v) is 6.11. The molecular weight excluding hydrogens is 270 g/mol. The molecule has 2 nitrogen and oxygen atoms in total. The minimum Gasteiger partial charge on any atom is -0.271 e. The first-order valence-corrected chi connectivity index (χ1v) is 6.85. The smallest absolute Gasteiger partial charge is 0.163 e. The summed E-state index contributed by atoms with van der Waals surface area (Å²) < 4.78 is 27.3. The molecule has 0 amide bonds. The highest BCUT2D eigenvalue weighted by Crippen LogP contribution is 2.28. The molecule has 112 valence electrons. The van der Waals surface area contributed by atoms with Crippen molar-refractivity contribution in [3.63, 3.8) is 0 Å². The lowest BCUT2D eigenvalue weighted by molar-refractivity contribution is 0.483. The fourth-order valence-corrected chi connectivity index (χ4v) is 2.28. The van der Waals surface area contributed by atoms with Crippen molar-refractivity contribution < 1.29 is 8.78 Å². The van der Waals surface area contributed by atoms with Crippen molar-refractivity contribution in [3.05, 3.63) is 70.8 Å². The fraction of sp³-hybridized carbons (Fsp3) is 0.294. The number of hydrazine groups is 1. The Balaban J connectivity index is 2.40. The van der Waals surface area contributed by atoms with Crippen LogP contribution in [0.3, 0.4) is 0 Å². The average Bonchev–Trinajstić information content (AvgIpc) is 2.44. The van der Waals surface area contributed by atoms with Gasteiger partial charge in [0.2, 0.25) is 0 Å². The maximum absolute atomic E-state index is 13.9. The molecule has 1 unspecified atom stereocenters. The normalized spacial score (nSPS) is 13.2. The molecule has 0 heterocycles. The topological polar surface area (TPSA) is 38.0 Å². The van der Waals surface area contributed by atoms with Gasteiger partial charge in [0, 0.05) is 5.56 Å². The zero-order valence-electron chi connectivity index (χ0n) is 12.5. The summed E-state index contributed by atoms with van der Waals surface area (Å²) in [6.07, 6.45) is 0. The lowest BCUT2D eigenvalue weighted by Gasteiger charge is -2.22. The van der Waals surface area contributed by atoms with Gasteiger partial charge in [-0.25, -0.2) is 14.2 Å². The van der Waals surface area contributed by atoms with Crippen LogP contribution >= 0.6 is 0 Å². The molecular formula is C17H20F2N2. The summed E-state index contributed by atoms with van der Waals surface area (Å²) in [7, 11) is 0. The summed E-state index contributed by atoms with van der Waals surface area (Å²) >= 11 is 0. The van der Waals surface area contributed by atoms with Crippen molar-refractivity contribution in [2.45, 2.75) is 32.2 Å². The van der Waals surface area contributed by atoms with Gasteiger partial charge in [0.15, 0.2) is 11.6 Å². The molecule has 2 aromatic rings. The van der Waals surface area contributed by atoms with Crippen LogP contribution in [0.5, 0.6) is 0 Å². The predicted molar refractivity (Wildman–Crippen MR) is 80.7 cm³/mol. The first-order chi connectivity index (χ1) is 9.84. The summed E-state index contributed by atoms with van der Waals surface area (Å²) in [6, 6.07) is 11.2. The lowest BCUT2D eigenvalue weighted by atomic mass is 9.86. The Kier molecular flexibility index (Phi) is 4.40. The van der Waals surface area contributed by atoms with Crippen LogP contribution in [-0.4, -0.2) is 0 Å². The Morgan fingerprint density at radius 1 is 1.00 bits per heavy atom. The van der Waals surface area contributed by atoms with Crippen molar-refractivity contribution in [3.8, 4) is 0 Å². The molecule has 0 aliphatic heterocycles. The Hall–Kier alpha value is -1.78. The summed E-state index contributed by atoms with van der Waals surface area (Å²) in [4.78, 5) is 0. The van der Waals surface area contributed by atoms with Gasteiger partial charge in [0.05, 0.1) is 6.04 Å². The Bertz CT molecular complexity index is 616. The van der Waals surface area contributed by atoms with Crippen molar-refractivity contribution in [1.29, 1.82) is 0 Å². The van der Waals surface area contributed by atoms with Crippen molar-refractivity contribution in [2.75, 3.05) is 0 Å². The van der Waals surface area contributed by atoms with Crippen molar-refractivity contribution in [1.82, 2.24) is 5.43 Å². The number of nitrogens with two attached hydrogens (primary N) is 1. The van der Waals surface area contributed by atoms with Crippen LogP contribution in [0.1, 0.15) is 43.5 Å². The van der Waals surface area contributed by atoms with Gasteiger partial charge in [0.25, 0.3) is 0 Å². The summed E-state index contributed by atoms with van der Waals surface area (Å²) in [5.41, 5.74) is 4.74. The largest absolute Gasteiger partial charge is 0.271 e. The second kappa shape index (κ2) is 5.92. The monoisotopic (exact) mass is 290 g/mol. The molecule has 21 heavy (non-hydrogen) atoms. The molecule has 1 atom stereocenters.